The van der Waals surface area contributed by atoms with Crippen molar-refractivity contribution in [3.63, 3.8) is 0 Å². The minimum Gasteiger partial charge on any atom is -0.306 e. The molecule has 0 aliphatic rings. The van der Waals surface area contributed by atoms with Gasteiger partial charge >= 0.3 is 0 Å². The average molecular weight is 344 g/mol. The molecule has 2 rings (SSSR count). The number of carbonyl (C=O) groups is 1. The van der Waals surface area contributed by atoms with Gasteiger partial charge in [0, 0.05) is 4.47 Å². The average Bonchev–Trinajstić information content (AvgIpc) is 2.33. The van der Waals surface area contributed by atoms with Crippen LogP contribution in [0.1, 0.15) is 16.1 Å². The van der Waals surface area contributed by atoms with Gasteiger partial charge < -0.3 is 5.32 Å². The van der Waals surface area contributed by atoms with Crippen molar-refractivity contribution in [3.8, 4) is 0 Å². The van der Waals surface area contributed by atoms with Crippen molar-refractivity contribution in [1.29, 1.82) is 0 Å². The lowest BCUT2D eigenvalue weighted by atomic mass is 10.2. The van der Waals surface area contributed by atoms with Crippen LogP contribution in [0.5, 0.6) is 0 Å². The zero-order valence-electron chi connectivity index (χ0n) is 9.88. The van der Waals surface area contributed by atoms with E-state index in [1.807, 2.05) is 0 Å². The van der Waals surface area contributed by atoms with E-state index in [1.54, 1.807) is 19.1 Å². The number of hydrogen-bond acceptors (Lipinski definition) is 2. The molecule has 0 aliphatic heterocycles. The summed E-state index contributed by atoms with van der Waals surface area (Å²) in [7, 11) is 0. The Hall–Kier alpha value is -1.46. The number of aromatic nitrogens is 1. The Morgan fingerprint density at radius 1 is 1.37 bits per heavy atom. The maximum Gasteiger partial charge on any atom is 0.261 e. The summed E-state index contributed by atoms with van der Waals surface area (Å²) in [5, 5.41) is 2.57. The second kappa shape index (κ2) is 5.67. The summed E-state index contributed by atoms with van der Waals surface area (Å²) in [4.78, 5) is 16.1. The van der Waals surface area contributed by atoms with E-state index in [1.165, 1.54) is 18.2 Å². The minimum absolute atomic E-state index is 0.0614. The molecule has 2 aromatic rings. The maximum atomic E-state index is 13.6. The van der Waals surface area contributed by atoms with Crippen LogP contribution in [0.3, 0.4) is 0 Å². The molecule has 1 amide bonds. The Labute approximate surface area is 122 Å². The smallest absolute Gasteiger partial charge is 0.261 e. The summed E-state index contributed by atoms with van der Waals surface area (Å²) in [6.45, 7) is 1.79. The van der Waals surface area contributed by atoms with Crippen molar-refractivity contribution in [2.75, 3.05) is 5.32 Å². The zero-order chi connectivity index (χ0) is 14.0. The molecule has 1 aromatic carbocycles. The third-order valence-electron chi connectivity index (χ3n) is 2.45. The maximum absolute atomic E-state index is 13.6. The highest BCUT2D eigenvalue weighted by atomic mass is 79.9. The van der Waals surface area contributed by atoms with Gasteiger partial charge in [-0.05, 0) is 47.1 Å². The number of rotatable bonds is 2. The van der Waals surface area contributed by atoms with Crippen molar-refractivity contribution < 1.29 is 9.18 Å². The van der Waals surface area contributed by atoms with Crippen LogP contribution in [0.15, 0.2) is 34.8 Å². The van der Waals surface area contributed by atoms with Gasteiger partial charge in [0.05, 0.1) is 16.3 Å². The number of nitrogens with one attached hydrogen (secondary N) is 1. The lowest BCUT2D eigenvalue weighted by Gasteiger charge is -2.08. The number of anilines is 1. The molecular weight excluding hydrogens is 335 g/mol. The third-order valence-corrected chi connectivity index (χ3v) is 3.61. The summed E-state index contributed by atoms with van der Waals surface area (Å²) >= 11 is 9.13. The fourth-order valence-corrected chi connectivity index (χ4v) is 1.98. The number of aryl methyl sites for hydroxylation is 1. The molecule has 0 atom stereocenters. The van der Waals surface area contributed by atoms with Crippen molar-refractivity contribution >= 4 is 39.3 Å². The standard InChI is InChI=1S/C13H9BrClFN2O/c1-7-8(14)5-6-11(17-7)18-13(19)12-9(15)3-2-4-10(12)16/h2-6H,1H3,(H,17,18,19). The molecule has 0 bridgehead atoms. The normalized spacial score (nSPS) is 10.3. The topological polar surface area (TPSA) is 42.0 Å². The van der Waals surface area contributed by atoms with E-state index < -0.39 is 11.7 Å². The largest absolute Gasteiger partial charge is 0.306 e. The molecule has 1 N–H and O–H groups in total. The highest BCUT2D eigenvalue weighted by molar-refractivity contribution is 9.10. The minimum atomic E-state index is -0.668. The molecule has 0 saturated carbocycles. The summed E-state index contributed by atoms with van der Waals surface area (Å²) in [5.74, 6) is -0.957. The summed E-state index contributed by atoms with van der Waals surface area (Å²) in [6, 6.07) is 7.45. The first-order valence-corrected chi connectivity index (χ1v) is 6.54. The number of carbonyl (C=O) groups excluding carboxylic acids is 1. The Morgan fingerprint density at radius 2 is 2.11 bits per heavy atom. The van der Waals surface area contributed by atoms with Crippen molar-refractivity contribution in [3.05, 3.63) is 56.9 Å². The molecule has 19 heavy (non-hydrogen) atoms. The van der Waals surface area contributed by atoms with Gasteiger partial charge in [-0.3, -0.25) is 4.79 Å². The van der Waals surface area contributed by atoms with Gasteiger partial charge in [-0.25, -0.2) is 9.37 Å². The number of benzene rings is 1. The van der Waals surface area contributed by atoms with E-state index >= 15 is 0 Å². The second-order valence-electron chi connectivity index (χ2n) is 3.81. The molecule has 0 unspecified atom stereocenters. The number of halogens is 3. The molecular formula is C13H9BrClFN2O. The third kappa shape index (κ3) is 3.11. The molecule has 0 spiro atoms. The van der Waals surface area contributed by atoms with Gasteiger partial charge in [-0.1, -0.05) is 17.7 Å². The number of hydrogen-bond donors (Lipinski definition) is 1. The number of nitrogens with zero attached hydrogens (tertiary/aromatic N) is 1. The molecule has 0 fully saturated rings. The van der Waals surface area contributed by atoms with E-state index in [2.05, 4.69) is 26.2 Å². The van der Waals surface area contributed by atoms with Crippen LogP contribution in [-0.2, 0) is 0 Å². The quantitative estimate of drug-likeness (QED) is 0.888. The Morgan fingerprint density at radius 3 is 2.74 bits per heavy atom. The zero-order valence-corrected chi connectivity index (χ0v) is 12.2. The highest BCUT2D eigenvalue weighted by Crippen LogP contribution is 2.21. The molecule has 0 radical (unpaired) electrons. The Bertz CT molecular complexity index is 628. The fourth-order valence-electron chi connectivity index (χ4n) is 1.51. The molecule has 98 valence electrons. The lowest BCUT2D eigenvalue weighted by molar-refractivity contribution is 0.102. The van der Waals surface area contributed by atoms with Gasteiger partial charge in [-0.2, -0.15) is 0 Å². The van der Waals surface area contributed by atoms with Crippen molar-refractivity contribution in [2.24, 2.45) is 0 Å². The first kappa shape index (κ1) is 14.0. The van der Waals surface area contributed by atoms with Gasteiger partial charge in [0.2, 0.25) is 0 Å². The van der Waals surface area contributed by atoms with Crippen LogP contribution < -0.4 is 5.32 Å². The fraction of sp³-hybridized carbons (Fsp3) is 0.0769. The molecule has 0 aliphatic carbocycles. The Kier molecular flexibility index (Phi) is 4.17. The van der Waals surface area contributed by atoms with E-state index in [-0.39, 0.29) is 10.6 Å². The molecule has 6 heteroatoms. The predicted octanol–water partition coefficient (Wildman–Crippen LogP) is 4.20. The summed E-state index contributed by atoms with van der Waals surface area (Å²) < 4.78 is 14.4. The molecule has 0 saturated heterocycles. The van der Waals surface area contributed by atoms with Crippen LogP contribution >= 0.6 is 27.5 Å². The Balaban J connectivity index is 2.28. The molecule has 3 nitrogen and oxygen atoms in total. The first-order chi connectivity index (χ1) is 8.99. The second-order valence-corrected chi connectivity index (χ2v) is 5.08. The lowest BCUT2D eigenvalue weighted by Crippen LogP contribution is -2.15. The SMILES string of the molecule is Cc1nc(NC(=O)c2c(F)cccc2Cl)ccc1Br. The van der Waals surface area contributed by atoms with E-state index in [0.29, 0.717) is 5.82 Å². The van der Waals surface area contributed by atoms with Gasteiger partial charge in [-0.15, -0.1) is 0 Å². The van der Waals surface area contributed by atoms with Gasteiger partial charge in [0.25, 0.3) is 5.91 Å². The number of pyridine rings is 1. The van der Waals surface area contributed by atoms with Gasteiger partial charge in [0.1, 0.15) is 11.6 Å². The van der Waals surface area contributed by atoms with Crippen LogP contribution in [0.2, 0.25) is 5.02 Å². The predicted molar refractivity (Wildman–Crippen MR) is 76.0 cm³/mol. The monoisotopic (exact) mass is 342 g/mol. The molecule has 1 heterocycles. The van der Waals surface area contributed by atoms with E-state index in [4.69, 9.17) is 11.6 Å². The van der Waals surface area contributed by atoms with Crippen LogP contribution in [0.4, 0.5) is 10.2 Å². The highest BCUT2D eigenvalue weighted by Gasteiger charge is 2.16. The molecule has 1 aromatic heterocycles. The first-order valence-electron chi connectivity index (χ1n) is 5.37. The van der Waals surface area contributed by atoms with Crippen LogP contribution in [0, 0.1) is 12.7 Å². The van der Waals surface area contributed by atoms with E-state index in [0.717, 1.165) is 10.2 Å². The van der Waals surface area contributed by atoms with Crippen LogP contribution in [0.25, 0.3) is 0 Å². The van der Waals surface area contributed by atoms with E-state index in [9.17, 15) is 9.18 Å². The number of amides is 1. The summed E-state index contributed by atoms with van der Waals surface area (Å²) in [6.07, 6.45) is 0. The van der Waals surface area contributed by atoms with Gasteiger partial charge in [0.15, 0.2) is 0 Å². The van der Waals surface area contributed by atoms with Crippen LogP contribution in [-0.4, -0.2) is 10.9 Å². The summed E-state index contributed by atoms with van der Waals surface area (Å²) in [5.41, 5.74) is 0.531. The van der Waals surface area contributed by atoms with Crippen molar-refractivity contribution in [2.45, 2.75) is 6.92 Å². The van der Waals surface area contributed by atoms with Crippen molar-refractivity contribution in [1.82, 2.24) is 4.98 Å².